The first-order valence-corrected chi connectivity index (χ1v) is 7.89. The lowest BCUT2D eigenvalue weighted by Gasteiger charge is -2.18. The molecule has 0 aliphatic heterocycles. The molecule has 0 unspecified atom stereocenters. The maximum absolute atomic E-state index is 4.88. The van der Waals surface area contributed by atoms with E-state index in [-0.39, 0.29) is 5.41 Å². The highest BCUT2D eigenvalue weighted by atomic mass is 32.1. The first-order valence-electron chi connectivity index (χ1n) is 7.07. The molecule has 0 amide bonds. The summed E-state index contributed by atoms with van der Waals surface area (Å²) in [4.78, 5) is 8.49. The molecule has 3 nitrogen and oxygen atoms in total. The molecule has 0 saturated carbocycles. The SMILES string of the molecule is CC(C)NCc1sc(CCN(C)C)nc1C(C)(C)C. The van der Waals surface area contributed by atoms with Crippen molar-refractivity contribution in [1.82, 2.24) is 15.2 Å². The molecule has 1 N–H and O–H groups in total. The van der Waals surface area contributed by atoms with Gasteiger partial charge in [-0.05, 0) is 14.1 Å². The second kappa shape index (κ2) is 6.82. The number of nitrogens with zero attached hydrogens (tertiary/aromatic N) is 2. The summed E-state index contributed by atoms with van der Waals surface area (Å²) in [6.07, 6.45) is 1.04. The van der Waals surface area contributed by atoms with Crippen LogP contribution in [0.3, 0.4) is 0 Å². The van der Waals surface area contributed by atoms with Crippen LogP contribution in [-0.4, -0.2) is 36.6 Å². The minimum absolute atomic E-state index is 0.126. The Labute approximate surface area is 122 Å². The first kappa shape index (κ1) is 16.6. The molecule has 0 aliphatic carbocycles. The van der Waals surface area contributed by atoms with Crippen molar-refractivity contribution in [3.63, 3.8) is 0 Å². The molecule has 4 heteroatoms. The Hall–Kier alpha value is -0.450. The van der Waals surface area contributed by atoms with E-state index in [0.29, 0.717) is 6.04 Å². The molecular formula is C15H29N3S. The summed E-state index contributed by atoms with van der Waals surface area (Å²) in [6, 6.07) is 0.514. The van der Waals surface area contributed by atoms with Gasteiger partial charge in [0.05, 0.1) is 10.7 Å². The van der Waals surface area contributed by atoms with Crippen LogP contribution in [-0.2, 0) is 18.4 Å². The van der Waals surface area contributed by atoms with Gasteiger partial charge in [-0.1, -0.05) is 34.6 Å². The van der Waals surface area contributed by atoms with E-state index in [1.807, 2.05) is 11.3 Å². The predicted octanol–water partition coefficient (Wildman–Crippen LogP) is 3.04. The van der Waals surface area contributed by atoms with E-state index in [2.05, 4.69) is 58.9 Å². The fourth-order valence-electron chi connectivity index (χ4n) is 1.83. The lowest BCUT2D eigenvalue weighted by molar-refractivity contribution is 0.413. The van der Waals surface area contributed by atoms with E-state index in [0.717, 1.165) is 19.5 Å². The van der Waals surface area contributed by atoms with E-state index in [4.69, 9.17) is 4.98 Å². The van der Waals surface area contributed by atoms with Crippen LogP contribution in [0.15, 0.2) is 0 Å². The minimum atomic E-state index is 0.126. The summed E-state index contributed by atoms with van der Waals surface area (Å²) in [7, 11) is 4.22. The smallest absolute Gasteiger partial charge is 0.0944 e. The van der Waals surface area contributed by atoms with Gasteiger partial charge in [0.15, 0.2) is 0 Å². The van der Waals surface area contributed by atoms with Gasteiger partial charge in [-0.2, -0.15) is 0 Å². The van der Waals surface area contributed by atoms with E-state index < -0.39 is 0 Å². The zero-order valence-corrected chi connectivity index (χ0v) is 14.3. The average molecular weight is 283 g/mol. The molecule has 0 saturated heterocycles. The first-order chi connectivity index (χ1) is 8.70. The summed E-state index contributed by atoms with van der Waals surface area (Å²) < 4.78 is 0. The molecular weight excluding hydrogens is 254 g/mol. The van der Waals surface area contributed by atoms with Gasteiger partial charge in [-0.15, -0.1) is 11.3 Å². The van der Waals surface area contributed by atoms with Crippen LogP contribution >= 0.6 is 11.3 Å². The van der Waals surface area contributed by atoms with Gasteiger partial charge in [0.1, 0.15) is 0 Å². The van der Waals surface area contributed by atoms with Gasteiger partial charge in [0.25, 0.3) is 0 Å². The van der Waals surface area contributed by atoms with Gasteiger partial charge in [-0.3, -0.25) is 0 Å². The molecule has 110 valence electrons. The lowest BCUT2D eigenvalue weighted by Crippen LogP contribution is -2.23. The molecule has 0 radical (unpaired) electrons. The predicted molar refractivity (Wildman–Crippen MR) is 85.0 cm³/mol. The van der Waals surface area contributed by atoms with Crippen LogP contribution in [0.2, 0.25) is 0 Å². The molecule has 0 aliphatic rings. The Morgan fingerprint density at radius 1 is 1.26 bits per heavy atom. The number of rotatable bonds is 6. The van der Waals surface area contributed by atoms with Gasteiger partial charge in [0.2, 0.25) is 0 Å². The van der Waals surface area contributed by atoms with E-state index >= 15 is 0 Å². The average Bonchev–Trinajstić information content (AvgIpc) is 2.66. The summed E-state index contributed by atoms with van der Waals surface area (Å²) in [5.74, 6) is 0. The van der Waals surface area contributed by atoms with Crippen molar-refractivity contribution < 1.29 is 0 Å². The van der Waals surface area contributed by atoms with Gasteiger partial charge >= 0.3 is 0 Å². The van der Waals surface area contributed by atoms with Crippen molar-refractivity contribution in [2.75, 3.05) is 20.6 Å². The molecule has 1 aromatic heterocycles. The zero-order valence-electron chi connectivity index (χ0n) is 13.5. The quantitative estimate of drug-likeness (QED) is 0.870. The Morgan fingerprint density at radius 2 is 1.89 bits per heavy atom. The van der Waals surface area contributed by atoms with Gasteiger partial charge in [-0.25, -0.2) is 4.98 Å². The van der Waals surface area contributed by atoms with Crippen LogP contribution in [0.4, 0.5) is 0 Å². The molecule has 1 aromatic rings. The third kappa shape index (κ3) is 5.59. The van der Waals surface area contributed by atoms with Crippen LogP contribution in [0.25, 0.3) is 0 Å². The number of nitrogens with one attached hydrogen (secondary N) is 1. The second-order valence-corrected chi connectivity index (χ2v) is 7.89. The Balaban J connectivity index is 2.86. The molecule has 0 aromatic carbocycles. The van der Waals surface area contributed by atoms with Crippen molar-refractivity contribution in [3.8, 4) is 0 Å². The highest BCUT2D eigenvalue weighted by Crippen LogP contribution is 2.30. The maximum Gasteiger partial charge on any atom is 0.0944 e. The van der Waals surface area contributed by atoms with Crippen LogP contribution in [0.1, 0.15) is 50.2 Å². The molecule has 0 atom stereocenters. The topological polar surface area (TPSA) is 28.2 Å². The Morgan fingerprint density at radius 3 is 2.37 bits per heavy atom. The number of hydrogen-bond donors (Lipinski definition) is 1. The number of likely N-dealkylation sites (N-methyl/N-ethyl adjacent to an activating group) is 1. The van der Waals surface area contributed by atoms with Crippen molar-refractivity contribution in [1.29, 1.82) is 0 Å². The molecule has 0 fully saturated rings. The minimum Gasteiger partial charge on any atom is -0.310 e. The highest BCUT2D eigenvalue weighted by molar-refractivity contribution is 7.11. The van der Waals surface area contributed by atoms with E-state index in [1.54, 1.807) is 0 Å². The highest BCUT2D eigenvalue weighted by Gasteiger charge is 2.23. The van der Waals surface area contributed by atoms with Crippen molar-refractivity contribution in [2.45, 2.75) is 59.0 Å². The summed E-state index contributed by atoms with van der Waals surface area (Å²) >= 11 is 1.87. The molecule has 19 heavy (non-hydrogen) atoms. The van der Waals surface area contributed by atoms with Crippen molar-refractivity contribution in [2.24, 2.45) is 0 Å². The molecule has 1 heterocycles. The van der Waals surface area contributed by atoms with E-state index in [9.17, 15) is 0 Å². The summed E-state index contributed by atoms with van der Waals surface area (Å²) in [6.45, 7) is 13.1. The fraction of sp³-hybridized carbons (Fsp3) is 0.800. The number of aromatic nitrogens is 1. The summed E-state index contributed by atoms with van der Waals surface area (Å²) in [5.41, 5.74) is 1.39. The van der Waals surface area contributed by atoms with Crippen molar-refractivity contribution in [3.05, 3.63) is 15.6 Å². The Kier molecular flexibility index (Phi) is 5.96. The van der Waals surface area contributed by atoms with E-state index in [1.165, 1.54) is 15.6 Å². The molecule has 1 rings (SSSR count). The largest absolute Gasteiger partial charge is 0.310 e. The number of hydrogen-bond acceptors (Lipinski definition) is 4. The third-order valence-corrected chi connectivity index (χ3v) is 4.01. The van der Waals surface area contributed by atoms with Crippen molar-refractivity contribution >= 4 is 11.3 Å². The van der Waals surface area contributed by atoms with Crippen LogP contribution in [0.5, 0.6) is 0 Å². The molecule has 0 spiro atoms. The van der Waals surface area contributed by atoms with Gasteiger partial charge in [0, 0.05) is 35.8 Å². The second-order valence-electron chi connectivity index (χ2n) is 6.72. The zero-order chi connectivity index (χ0) is 14.6. The Bertz CT molecular complexity index is 389. The van der Waals surface area contributed by atoms with Crippen LogP contribution < -0.4 is 5.32 Å². The third-order valence-electron chi connectivity index (χ3n) is 2.90. The lowest BCUT2D eigenvalue weighted by atomic mass is 9.91. The monoisotopic (exact) mass is 283 g/mol. The van der Waals surface area contributed by atoms with Crippen LogP contribution in [0, 0.1) is 0 Å². The number of thiazole rings is 1. The normalized spacial score (nSPS) is 12.7. The maximum atomic E-state index is 4.88. The standard InChI is InChI=1S/C15H29N3S/c1-11(2)16-10-12-14(15(3,4)5)17-13(19-12)8-9-18(6)7/h11,16H,8-10H2,1-7H3. The fourth-order valence-corrected chi connectivity index (χ4v) is 3.05. The van der Waals surface area contributed by atoms with Gasteiger partial charge < -0.3 is 10.2 Å². The molecule has 0 bridgehead atoms. The summed E-state index contributed by atoms with van der Waals surface area (Å²) in [5, 5.41) is 4.78.